The lowest BCUT2D eigenvalue weighted by Gasteiger charge is -2.18. The fourth-order valence-electron chi connectivity index (χ4n) is 3.43. The summed E-state index contributed by atoms with van der Waals surface area (Å²) in [7, 11) is 0. The number of rotatable bonds is 6. The highest BCUT2D eigenvalue weighted by Crippen LogP contribution is 2.32. The molecule has 0 aromatic heterocycles. The summed E-state index contributed by atoms with van der Waals surface area (Å²) in [6, 6.07) is 13.2. The summed E-state index contributed by atoms with van der Waals surface area (Å²) in [5, 5.41) is -0.437. The lowest BCUT2D eigenvalue weighted by molar-refractivity contribution is -0.135. The maximum Gasteiger partial charge on any atom is 0.294 e. The first kappa shape index (κ1) is 21.1. The van der Waals surface area contributed by atoms with Gasteiger partial charge in [0, 0.05) is 13.1 Å². The lowest BCUT2D eigenvalue weighted by atomic mass is 10.2. The summed E-state index contributed by atoms with van der Waals surface area (Å²) in [5.41, 5.74) is 1.53. The number of likely N-dealkylation sites (tertiary alicyclic amines) is 1. The Labute approximate surface area is 183 Å². The number of hydrogen-bond donors (Lipinski definition) is 0. The molecule has 0 aliphatic carbocycles. The van der Waals surface area contributed by atoms with Crippen molar-refractivity contribution >= 4 is 34.9 Å². The second-order valence-electron chi connectivity index (χ2n) is 7.34. The molecule has 0 spiro atoms. The molecule has 0 radical (unpaired) electrons. The number of carbonyl (C=O) groups excluding carboxylic acids is 3. The van der Waals surface area contributed by atoms with E-state index in [1.807, 2.05) is 0 Å². The summed E-state index contributed by atoms with van der Waals surface area (Å²) in [5.74, 6) is -0.374. The number of hydrogen-bond acceptors (Lipinski definition) is 5. The fraction of sp³-hybridized carbons (Fsp3) is 0.261. The van der Waals surface area contributed by atoms with Crippen LogP contribution in [0.3, 0.4) is 0 Å². The van der Waals surface area contributed by atoms with Crippen molar-refractivity contribution in [3.05, 3.63) is 70.4 Å². The van der Waals surface area contributed by atoms with Crippen molar-refractivity contribution in [2.45, 2.75) is 19.4 Å². The maximum atomic E-state index is 13.0. The first-order valence-electron chi connectivity index (χ1n) is 10.00. The van der Waals surface area contributed by atoms with Crippen LogP contribution in [0.1, 0.15) is 24.0 Å². The Kier molecular flexibility index (Phi) is 6.36. The van der Waals surface area contributed by atoms with Crippen molar-refractivity contribution in [2.24, 2.45) is 0 Å². The van der Waals surface area contributed by atoms with Crippen molar-refractivity contribution < 1.29 is 23.5 Å². The minimum atomic E-state index is -0.458. The molecular formula is C23H21FN2O4S. The molecule has 8 heteroatoms. The number of carbonyl (C=O) groups is 3. The Morgan fingerprint density at radius 1 is 1.10 bits per heavy atom. The smallest absolute Gasteiger partial charge is 0.294 e. The maximum absolute atomic E-state index is 13.0. The van der Waals surface area contributed by atoms with E-state index in [-0.39, 0.29) is 29.8 Å². The van der Waals surface area contributed by atoms with E-state index >= 15 is 0 Å². The number of halogens is 1. The van der Waals surface area contributed by atoms with Crippen LogP contribution in [0, 0.1) is 5.82 Å². The predicted molar refractivity (Wildman–Crippen MR) is 116 cm³/mol. The van der Waals surface area contributed by atoms with Crippen LogP contribution in [0.4, 0.5) is 9.18 Å². The Bertz CT molecular complexity index is 1030. The number of ether oxygens (including phenoxy) is 1. The van der Waals surface area contributed by atoms with Gasteiger partial charge >= 0.3 is 0 Å². The van der Waals surface area contributed by atoms with Crippen molar-refractivity contribution in [3.8, 4) is 5.75 Å². The van der Waals surface area contributed by atoms with Gasteiger partial charge in [0.2, 0.25) is 5.91 Å². The van der Waals surface area contributed by atoms with E-state index in [1.165, 1.54) is 12.1 Å². The summed E-state index contributed by atoms with van der Waals surface area (Å²) < 4.78 is 18.8. The minimum Gasteiger partial charge on any atom is -0.489 e. The van der Waals surface area contributed by atoms with E-state index in [4.69, 9.17) is 4.74 Å². The van der Waals surface area contributed by atoms with Crippen LogP contribution in [0.25, 0.3) is 6.08 Å². The molecule has 2 aliphatic rings. The summed E-state index contributed by atoms with van der Waals surface area (Å²) in [6.07, 6.45) is 3.52. The molecule has 2 aromatic carbocycles. The van der Waals surface area contributed by atoms with Gasteiger partial charge in [0.15, 0.2) is 0 Å². The van der Waals surface area contributed by atoms with Gasteiger partial charge in [0.05, 0.1) is 4.91 Å². The molecule has 160 valence electrons. The van der Waals surface area contributed by atoms with Crippen molar-refractivity contribution in [1.29, 1.82) is 0 Å². The molecule has 0 saturated carbocycles. The number of nitrogens with zero attached hydrogens (tertiary/aromatic N) is 2. The highest BCUT2D eigenvalue weighted by molar-refractivity contribution is 8.18. The number of imide groups is 1. The van der Waals surface area contributed by atoms with Crippen molar-refractivity contribution in [2.75, 3.05) is 19.6 Å². The average molecular weight is 440 g/mol. The summed E-state index contributed by atoms with van der Waals surface area (Å²) in [6.45, 7) is 1.41. The quantitative estimate of drug-likeness (QED) is 0.634. The Balaban J connectivity index is 1.41. The standard InChI is InChI=1S/C23H21FN2O4S/c24-18-8-6-16(7-9-18)15-30-19-5-3-4-17(12-19)13-20-22(28)26(23(29)31-20)14-21(27)25-10-1-2-11-25/h3-9,12-13H,1-2,10-11,14-15H2/b20-13-. The molecule has 2 aliphatic heterocycles. The van der Waals surface area contributed by atoms with Gasteiger partial charge < -0.3 is 9.64 Å². The van der Waals surface area contributed by atoms with E-state index in [1.54, 1.807) is 47.4 Å². The van der Waals surface area contributed by atoms with Gasteiger partial charge in [-0.3, -0.25) is 19.3 Å². The van der Waals surface area contributed by atoms with E-state index in [0.29, 0.717) is 24.4 Å². The van der Waals surface area contributed by atoms with Crippen LogP contribution in [0.5, 0.6) is 5.75 Å². The van der Waals surface area contributed by atoms with Crippen LogP contribution >= 0.6 is 11.8 Å². The van der Waals surface area contributed by atoms with Crippen LogP contribution in [-0.4, -0.2) is 46.5 Å². The third-order valence-electron chi connectivity index (χ3n) is 5.10. The average Bonchev–Trinajstić information content (AvgIpc) is 3.39. The van der Waals surface area contributed by atoms with Crippen LogP contribution in [0.2, 0.25) is 0 Å². The largest absolute Gasteiger partial charge is 0.489 e. The molecule has 0 N–H and O–H groups in total. The van der Waals surface area contributed by atoms with Gasteiger partial charge in [-0.05, 0) is 66.1 Å². The third-order valence-corrected chi connectivity index (χ3v) is 6.01. The highest BCUT2D eigenvalue weighted by atomic mass is 32.2. The fourth-order valence-corrected chi connectivity index (χ4v) is 4.27. The second-order valence-corrected chi connectivity index (χ2v) is 8.34. The molecule has 0 bridgehead atoms. The highest BCUT2D eigenvalue weighted by Gasteiger charge is 2.37. The predicted octanol–water partition coefficient (Wildman–Crippen LogP) is 4.06. The first-order chi connectivity index (χ1) is 15.0. The molecule has 4 rings (SSSR count). The molecule has 2 aromatic rings. The Morgan fingerprint density at radius 2 is 1.84 bits per heavy atom. The van der Waals surface area contributed by atoms with Gasteiger partial charge in [-0.2, -0.15) is 0 Å². The second kappa shape index (κ2) is 9.34. The molecule has 2 saturated heterocycles. The van der Waals surface area contributed by atoms with E-state index in [0.717, 1.165) is 35.1 Å². The molecular weight excluding hydrogens is 419 g/mol. The number of benzene rings is 2. The first-order valence-corrected chi connectivity index (χ1v) is 10.8. The summed E-state index contributed by atoms with van der Waals surface area (Å²) >= 11 is 0.830. The summed E-state index contributed by atoms with van der Waals surface area (Å²) in [4.78, 5) is 40.3. The van der Waals surface area contributed by atoms with Crippen LogP contribution in [0.15, 0.2) is 53.4 Å². The number of amides is 3. The Hall–Kier alpha value is -3.13. The van der Waals surface area contributed by atoms with Gasteiger partial charge in [0.25, 0.3) is 11.1 Å². The molecule has 6 nitrogen and oxygen atoms in total. The molecule has 0 unspecified atom stereocenters. The Morgan fingerprint density at radius 3 is 2.58 bits per heavy atom. The normalized spacial score (nSPS) is 17.6. The minimum absolute atomic E-state index is 0.197. The van der Waals surface area contributed by atoms with E-state index < -0.39 is 11.1 Å². The van der Waals surface area contributed by atoms with Gasteiger partial charge in [-0.1, -0.05) is 24.3 Å². The molecule has 0 atom stereocenters. The number of thioether (sulfide) groups is 1. The van der Waals surface area contributed by atoms with Crippen molar-refractivity contribution in [3.63, 3.8) is 0 Å². The van der Waals surface area contributed by atoms with Gasteiger partial charge in [-0.25, -0.2) is 4.39 Å². The zero-order valence-electron chi connectivity index (χ0n) is 16.8. The molecule has 2 heterocycles. The van der Waals surface area contributed by atoms with Crippen molar-refractivity contribution in [1.82, 2.24) is 9.80 Å². The SMILES string of the molecule is O=C(CN1C(=O)S/C(=C\c2cccc(OCc3ccc(F)cc3)c2)C1=O)N1CCCC1. The van der Waals surface area contributed by atoms with Gasteiger partial charge in [-0.15, -0.1) is 0 Å². The zero-order chi connectivity index (χ0) is 21.8. The third kappa shape index (κ3) is 5.14. The molecule has 3 amide bonds. The van der Waals surface area contributed by atoms with Crippen LogP contribution in [-0.2, 0) is 16.2 Å². The molecule has 2 fully saturated rings. The monoisotopic (exact) mass is 440 g/mol. The van der Waals surface area contributed by atoms with E-state index in [9.17, 15) is 18.8 Å². The molecule has 31 heavy (non-hydrogen) atoms. The van der Waals surface area contributed by atoms with Gasteiger partial charge in [0.1, 0.15) is 24.7 Å². The van der Waals surface area contributed by atoms with E-state index in [2.05, 4.69) is 0 Å². The topological polar surface area (TPSA) is 66.9 Å². The van der Waals surface area contributed by atoms with Crippen LogP contribution < -0.4 is 4.74 Å². The lowest BCUT2D eigenvalue weighted by Crippen LogP contribution is -2.40. The zero-order valence-corrected chi connectivity index (χ0v) is 17.6.